The summed E-state index contributed by atoms with van der Waals surface area (Å²) in [5.74, 6) is -4.43. The molecule has 0 saturated carbocycles. The molecule has 22 N–H and O–H groups in total. The minimum Gasteiger partial charge on any atom is -0.508 e. The molecule has 14 rings (SSSR count). The van der Waals surface area contributed by atoms with Gasteiger partial charge in [-0.3, -0.25) is 37.4 Å². The van der Waals surface area contributed by atoms with E-state index in [0.717, 1.165) is 34.4 Å². The Labute approximate surface area is 709 Å². The lowest BCUT2D eigenvalue weighted by molar-refractivity contribution is -0.0522. The number of aromatic nitrogens is 8. The lowest BCUT2D eigenvalue weighted by Gasteiger charge is -2.22. The molecule has 2 aliphatic carbocycles. The maximum atomic E-state index is 13.4. The Morgan fingerprint density at radius 2 is 0.852 bits per heavy atom. The minimum atomic E-state index is -5.92. The molecule has 4 amide bonds. The maximum absolute atomic E-state index is 13.4. The summed E-state index contributed by atoms with van der Waals surface area (Å²) in [5.41, 5.74) is 12.2. The molecule has 676 valence electrons. The van der Waals surface area contributed by atoms with Crippen molar-refractivity contribution in [1.29, 1.82) is 0 Å². The number of phenols is 2. The number of carboxylic acids is 2. The van der Waals surface area contributed by atoms with Crippen LogP contribution in [0, 0.1) is 0 Å². The third-order valence-electron chi connectivity index (χ3n) is 18.3. The number of carbonyl (C=O) groups excluding carboxylic acids is 4. The van der Waals surface area contributed by atoms with Gasteiger partial charge in [-0.2, -0.15) is 17.2 Å². The van der Waals surface area contributed by atoms with Crippen molar-refractivity contribution in [1.82, 2.24) is 60.3 Å². The van der Waals surface area contributed by atoms with Gasteiger partial charge in [0.2, 0.25) is 0 Å². The van der Waals surface area contributed by atoms with E-state index in [1.165, 1.54) is 109 Å². The number of fused-ring (bicyclic) bond motifs is 6. The highest BCUT2D eigenvalue weighted by Gasteiger charge is 2.52. The number of benzene rings is 6. The van der Waals surface area contributed by atoms with Gasteiger partial charge in [-0.25, -0.2) is 76.5 Å². The number of nitrogens with one attached hydrogen (secondary N) is 4. The van der Waals surface area contributed by atoms with Crippen molar-refractivity contribution >= 4 is 139 Å². The first-order valence-corrected chi connectivity index (χ1v) is 44.9. The van der Waals surface area contributed by atoms with Crippen LogP contribution in [-0.2, 0) is 72.6 Å². The van der Waals surface area contributed by atoms with E-state index in [0.29, 0.717) is 27.5 Å². The van der Waals surface area contributed by atoms with Crippen LogP contribution in [0.2, 0.25) is 0 Å². The van der Waals surface area contributed by atoms with Crippen molar-refractivity contribution in [2.45, 2.75) is 49.1 Å². The number of rotatable bonds is 30. The van der Waals surface area contributed by atoms with Crippen LogP contribution in [-0.4, -0.2) is 221 Å². The summed E-state index contributed by atoms with van der Waals surface area (Å²) < 4.78 is 131. The van der Waals surface area contributed by atoms with E-state index in [1.807, 2.05) is 0 Å². The number of imidazole rings is 2. The molecule has 4 aliphatic heterocycles. The van der Waals surface area contributed by atoms with Crippen molar-refractivity contribution in [2.75, 3.05) is 50.9 Å². The van der Waals surface area contributed by atoms with Crippen LogP contribution in [0.3, 0.4) is 0 Å². The summed E-state index contributed by atoms with van der Waals surface area (Å²) in [7, 11) is -34.6. The SMILES string of the molecule is Nc1ncnc2c1ncn2[C@@H]1O[C@H](COP(=O)(O)OP(=O)(O)OP(=O)(O)O)[C@@H](O)[C@H]1OC(=O)NCCNC(=O)c1ccc(C(=O)O)c(-c2c3ccc(=O)cc-3oc3cc(O)ccc23)c1.Nc1ncnc2c1ncn2[C@@H]1O[C@H](COP(=O)(O)OP(=O)(O)OP(=O)(O)O)[C@@H](OC(=O)NCCNC(=O)c2ccc(C(=O)O)c(-c3c4ccc(=O)cc-4oc4cc(O)ccc34)c2)[C@H]1O. The van der Waals surface area contributed by atoms with E-state index in [-0.39, 0.29) is 133 Å². The largest absolute Gasteiger partial charge is 0.508 e. The van der Waals surface area contributed by atoms with E-state index in [2.05, 4.69) is 77.5 Å². The number of alkyl carbamates (subject to hydrolysis) is 2. The summed E-state index contributed by atoms with van der Waals surface area (Å²) in [6.45, 7) is -3.43. The number of carbonyl (C=O) groups is 6. The number of nitrogens with zero attached hydrogens (tertiary/aromatic N) is 8. The van der Waals surface area contributed by atoms with Gasteiger partial charge in [0.25, 0.3) is 11.8 Å². The Hall–Kier alpha value is -12.4. The van der Waals surface area contributed by atoms with Crippen LogP contribution in [0.5, 0.6) is 11.5 Å². The van der Waals surface area contributed by atoms with Gasteiger partial charge in [0.05, 0.1) is 37.0 Å². The third kappa shape index (κ3) is 21.7. The Balaban J connectivity index is 0.000000219. The number of ether oxygens (including phenoxy) is 4. The van der Waals surface area contributed by atoms with E-state index >= 15 is 0 Å². The molecule has 12 atom stereocenters. The van der Waals surface area contributed by atoms with Gasteiger partial charge in [-0.15, -0.1) is 0 Å². The molecule has 2 fully saturated rings. The molecule has 4 unspecified atom stereocenters. The van der Waals surface area contributed by atoms with Gasteiger partial charge < -0.3 is 130 Å². The van der Waals surface area contributed by atoms with Gasteiger partial charge in [0.1, 0.15) is 82.3 Å². The van der Waals surface area contributed by atoms with E-state index < -0.39 is 156 Å². The first-order valence-electron chi connectivity index (χ1n) is 35.9. The minimum absolute atomic E-state index is 0.00836. The average molecular weight is 1900 g/mol. The number of nitrogen functional groups attached to an aromatic ring is 2. The first kappa shape index (κ1) is 93.3. The normalized spacial score (nSPS) is 19.6. The number of amides is 4. The Morgan fingerprint density at radius 1 is 0.445 bits per heavy atom. The summed E-state index contributed by atoms with van der Waals surface area (Å²) in [5, 5.41) is 73.4. The molecule has 60 heteroatoms. The summed E-state index contributed by atoms with van der Waals surface area (Å²) >= 11 is 0. The fourth-order valence-corrected chi connectivity index (χ4v) is 19.2. The number of hydrogen-bond donors (Lipinski definition) is 20. The highest BCUT2D eigenvalue weighted by atomic mass is 31.3. The van der Waals surface area contributed by atoms with Gasteiger partial charge in [0, 0.05) is 94.6 Å². The van der Waals surface area contributed by atoms with Crippen molar-refractivity contribution in [3.8, 4) is 56.4 Å². The topological polar surface area (TPSA) is 828 Å². The first-order chi connectivity index (χ1) is 60.2. The zero-order valence-electron chi connectivity index (χ0n) is 63.9. The number of aromatic hydroxyl groups is 2. The molecular formula is C68H64N14O40P6. The van der Waals surface area contributed by atoms with Crippen LogP contribution in [0.4, 0.5) is 21.2 Å². The lowest BCUT2D eigenvalue weighted by atomic mass is 9.89. The maximum Gasteiger partial charge on any atom is 0.490 e. The molecule has 0 spiro atoms. The molecule has 4 aromatic heterocycles. The monoisotopic (exact) mass is 1900 g/mol. The highest BCUT2D eigenvalue weighted by molar-refractivity contribution is 7.67. The van der Waals surface area contributed by atoms with E-state index in [4.69, 9.17) is 58.8 Å². The van der Waals surface area contributed by atoms with Gasteiger partial charge in [-0.1, -0.05) is 0 Å². The van der Waals surface area contributed by atoms with Crippen molar-refractivity contribution < 1.29 is 180 Å². The molecule has 6 aliphatic rings. The van der Waals surface area contributed by atoms with Crippen molar-refractivity contribution in [3.05, 3.63) is 177 Å². The average Bonchev–Trinajstić information content (AvgIpc) is 0.894. The smallest absolute Gasteiger partial charge is 0.490 e. The Kier molecular flexibility index (Phi) is 27.1. The molecule has 128 heavy (non-hydrogen) atoms. The molecule has 0 bridgehead atoms. The number of phenolic OH excluding ortho intramolecular Hbond substituents is 2. The zero-order valence-corrected chi connectivity index (χ0v) is 69.2. The third-order valence-corrected chi connectivity index (χ3v) is 25.9. The Morgan fingerprint density at radius 3 is 1.28 bits per heavy atom. The van der Waals surface area contributed by atoms with Crippen LogP contribution in [0.1, 0.15) is 53.9 Å². The van der Waals surface area contributed by atoms with Crippen LogP contribution < -0.4 is 43.6 Å². The number of phosphoric acid groups is 6. The second-order valence-electron chi connectivity index (χ2n) is 26.9. The van der Waals surface area contributed by atoms with E-state index in [9.17, 15) is 116 Å². The van der Waals surface area contributed by atoms with Crippen LogP contribution in [0.25, 0.3) is 89.2 Å². The highest BCUT2D eigenvalue weighted by Crippen LogP contribution is 2.68. The predicted molar refractivity (Wildman–Crippen MR) is 426 cm³/mol. The number of nitrogens with two attached hydrogens (primary N) is 2. The number of anilines is 2. The number of hydrogen-bond acceptors (Lipinski definition) is 38. The molecule has 54 nitrogen and oxygen atoms in total. The van der Waals surface area contributed by atoms with E-state index in [1.54, 1.807) is 0 Å². The summed E-state index contributed by atoms with van der Waals surface area (Å²) in [6, 6.07) is 23.5. The standard InChI is InChI=1S/2C34H32N7O20P3/c35-29-26-30(39-13-38-29)41(14-40-26)32-27(44)28(24(58-32)12-56-63(52,53)61-64(54,55)60-62(49,50)51)59-34(48)37-8-7-36-31(45)15-1-4-18(33(46)47)21(9-15)25-19-5-2-16(42)10-22(19)57-23-11-17(43)3-6-20(23)25;35-29-26-30(39-13-38-29)41(14-40-26)32-28(27(44)24(58-32)12-56-63(52,53)61-64(54,55)60-62(49,50)51)59-34(48)37-8-7-36-31(45)15-1-4-18(33(46)47)21(9-15)25-19-5-2-16(42)10-22(19)57-23-11-17(43)3-6-20(23)25/h2*1-6,9-11,13-14,24,27-28,32,42,44H,7-8,12H2,(H,36,45)(H,37,48)(H,46,47)(H,52,53)(H,54,55)(H2,35,38,39)(H2,49,50,51)/t2*24-,27-,28-,32-/m11/s1. The summed E-state index contributed by atoms with van der Waals surface area (Å²) in [4.78, 5) is 200. The van der Waals surface area contributed by atoms with Gasteiger partial charge >= 0.3 is 71.1 Å². The number of aromatic carboxylic acids is 2. The van der Waals surface area contributed by atoms with Crippen LogP contribution in [0.15, 0.2) is 153 Å². The van der Waals surface area contributed by atoms with Crippen LogP contribution >= 0.6 is 46.9 Å². The molecule has 0 radical (unpaired) electrons. The fourth-order valence-electron chi connectivity index (χ4n) is 13.2. The second-order valence-corrected chi connectivity index (χ2v) is 35.8. The quantitative estimate of drug-likeness (QED) is 0.0174. The molecule has 8 heterocycles. The molecule has 8 aromatic rings. The Bertz CT molecular complexity index is 6790. The number of aliphatic hydroxyl groups is 2. The molecule has 2 saturated heterocycles. The number of carboxylic acid groups (broad SMARTS) is 2. The van der Waals surface area contributed by atoms with Gasteiger partial charge in [-0.05, 0) is 96.1 Å². The predicted octanol–water partition coefficient (Wildman–Crippen LogP) is 3.63. The lowest BCUT2D eigenvalue weighted by Crippen LogP contribution is -2.42. The van der Waals surface area contributed by atoms with Crippen molar-refractivity contribution in [2.24, 2.45) is 0 Å². The molecule has 4 aromatic carbocycles. The van der Waals surface area contributed by atoms with Gasteiger partial charge in [0.15, 0.2) is 58.5 Å². The fraction of sp³-hybridized carbons (Fsp3) is 0.206. The molecular weight excluding hydrogens is 1840 g/mol. The summed E-state index contributed by atoms with van der Waals surface area (Å²) in [6.07, 6.45) is -11.8. The van der Waals surface area contributed by atoms with Crippen molar-refractivity contribution in [3.63, 3.8) is 0 Å². The number of aliphatic hydroxyl groups excluding tert-OH is 2. The number of phosphoric ester groups is 2. The zero-order chi connectivity index (χ0) is 92.6. The second kappa shape index (κ2) is 37.1.